The maximum Gasteiger partial charge on any atom is 0.255 e. The molecule has 3 amide bonds. The van der Waals surface area contributed by atoms with Crippen molar-refractivity contribution >= 4 is 28.7 Å². The lowest BCUT2D eigenvalue weighted by Crippen LogP contribution is -2.52. The second kappa shape index (κ2) is 7.58. The van der Waals surface area contributed by atoms with Gasteiger partial charge in [0.1, 0.15) is 29.7 Å². The van der Waals surface area contributed by atoms with E-state index in [1.54, 1.807) is 12.1 Å². The van der Waals surface area contributed by atoms with Crippen molar-refractivity contribution in [2.45, 2.75) is 45.4 Å². The molecule has 1 atom stereocenters. The molecule has 158 valence electrons. The lowest BCUT2D eigenvalue weighted by molar-refractivity contribution is -0.136. The van der Waals surface area contributed by atoms with Crippen LogP contribution in [0.3, 0.4) is 0 Å². The van der Waals surface area contributed by atoms with E-state index in [-0.39, 0.29) is 31.4 Å². The van der Waals surface area contributed by atoms with E-state index in [0.717, 1.165) is 23.0 Å². The Balaban J connectivity index is 1.35. The van der Waals surface area contributed by atoms with Crippen molar-refractivity contribution in [2.24, 2.45) is 0 Å². The monoisotopic (exact) mass is 418 g/mol. The number of nitrogens with one attached hydrogen (secondary N) is 1. The fourth-order valence-corrected chi connectivity index (χ4v) is 4.26. The number of hydrogen-bond donors (Lipinski definition) is 1. The average Bonchev–Trinajstić information content (AvgIpc) is 3.33. The maximum absolute atomic E-state index is 12.9. The molecular formula is C24H22N2O5. The van der Waals surface area contributed by atoms with Gasteiger partial charge in [0.25, 0.3) is 5.91 Å². The van der Waals surface area contributed by atoms with E-state index in [1.165, 1.54) is 10.5 Å². The highest BCUT2D eigenvalue weighted by atomic mass is 16.5. The zero-order valence-corrected chi connectivity index (χ0v) is 17.1. The molecule has 0 aliphatic carbocycles. The van der Waals surface area contributed by atoms with Crippen LogP contribution in [0.5, 0.6) is 5.75 Å². The smallest absolute Gasteiger partial charge is 0.255 e. The van der Waals surface area contributed by atoms with Gasteiger partial charge in [0.2, 0.25) is 11.8 Å². The number of amides is 3. The predicted octanol–water partition coefficient (Wildman–Crippen LogP) is 3.34. The number of fused-ring (bicyclic) bond motifs is 2. The summed E-state index contributed by atoms with van der Waals surface area (Å²) in [5.41, 5.74) is 3.32. The van der Waals surface area contributed by atoms with Gasteiger partial charge in [-0.15, -0.1) is 0 Å². The van der Waals surface area contributed by atoms with Crippen LogP contribution >= 0.6 is 0 Å². The number of carbonyl (C=O) groups excluding carboxylic acids is 3. The predicted molar refractivity (Wildman–Crippen MR) is 112 cm³/mol. The summed E-state index contributed by atoms with van der Waals surface area (Å²) < 4.78 is 11.9. The van der Waals surface area contributed by atoms with Gasteiger partial charge in [-0.05, 0) is 42.7 Å². The van der Waals surface area contributed by atoms with Crippen LogP contribution in [-0.2, 0) is 29.2 Å². The quantitative estimate of drug-likeness (QED) is 0.642. The fourth-order valence-electron chi connectivity index (χ4n) is 4.26. The molecule has 1 saturated heterocycles. The molecular weight excluding hydrogens is 396 g/mol. The fraction of sp³-hybridized carbons (Fsp3) is 0.292. The highest BCUT2D eigenvalue weighted by molar-refractivity contribution is 6.05. The average molecular weight is 418 g/mol. The first kappa shape index (κ1) is 19.4. The Hall–Kier alpha value is -3.61. The van der Waals surface area contributed by atoms with E-state index in [2.05, 4.69) is 18.3 Å². The van der Waals surface area contributed by atoms with Crippen molar-refractivity contribution in [1.82, 2.24) is 10.2 Å². The molecule has 0 saturated carbocycles. The number of hydrogen-bond acceptors (Lipinski definition) is 5. The van der Waals surface area contributed by atoms with Crippen LogP contribution in [-0.4, -0.2) is 28.7 Å². The zero-order chi connectivity index (χ0) is 21.5. The van der Waals surface area contributed by atoms with Gasteiger partial charge in [-0.3, -0.25) is 19.7 Å². The number of benzene rings is 2. The molecule has 1 unspecified atom stereocenters. The minimum absolute atomic E-state index is 0.217. The van der Waals surface area contributed by atoms with Gasteiger partial charge in [-0.25, -0.2) is 0 Å². The summed E-state index contributed by atoms with van der Waals surface area (Å²) in [6, 6.07) is 12.8. The van der Waals surface area contributed by atoms with Gasteiger partial charge in [-0.2, -0.15) is 0 Å². The van der Waals surface area contributed by atoms with E-state index in [4.69, 9.17) is 9.15 Å². The minimum Gasteiger partial charge on any atom is -0.485 e. The van der Waals surface area contributed by atoms with Crippen LogP contribution in [0.1, 0.15) is 47.0 Å². The first-order valence-corrected chi connectivity index (χ1v) is 10.4. The molecule has 2 aromatic carbocycles. The largest absolute Gasteiger partial charge is 0.485 e. The molecule has 7 nitrogen and oxygen atoms in total. The number of rotatable bonds is 5. The summed E-state index contributed by atoms with van der Waals surface area (Å²) in [4.78, 5) is 38.1. The van der Waals surface area contributed by atoms with Crippen LogP contribution in [0.2, 0.25) is 0 Å². The van der Waals surface area contributed by atoms with E-state index >= 15 is 0 Å². The third-order valence-corrected chi connectivity index (χ3v) is 5.95. The Bertz CT molecular complexity index is 1210. The molecule has 31 heavy (non-hydrogen) atoms. The van der Waals surface area contributed by atoms with Crippen LogP contribution in [0.15, 0.2) is 46.9 Å². The van der Waals surface area contributed by atoms with E-state index in [1.807, 2.05) is 24.3 Å². The summed E-state index contributed by atoms with van der Waals surface area (Å²) in [6.07, 6.45) is 1.50. The number of furan rings is 1. The second-order valence-corrected chi connectivity index (χ2v) is 7.91. The standard InChI is InChI=1S/C24H22N2O5/c1-2-14-6-7-15-11-16(31-21(15)10-14)13-30-20-5-3-4-17-18(20)12-26(24(17)29)19-8-9-22(27)25-23(19)28/h3-7,10-11,19H,2,8-9,12-13H2,1H3,(H,25,27,28). The summed E-state index contributed by atoms with van der Waals surface area (Å²) in [5, 5.41) is 3.34. The van der Waals surface area contributed by atoms with Gasteiger partial charge in [0.15, 0.2) is 0 Å². The third kappa shape index (κ3) is 3.46. The zero-order valence-electron chi connectivity index (χ0n) is 17.1. The second-order valence-electron chi connectivity index (χ2n) is 7.91. The Morgan fingerprint density at radius 3 is 2.84 bits per heavy atom. The number of ether oxygens (including phenoxy) is 1. The summed E-state index contributed by atoms with van der Waals surface area (Å²) in [6.45, 7) is 2.61. The number of carbonyl (C=O) groups is 3. The molecule has 3 aromatic rings. The number of imide groups is 1. The third-order valence-electron chi connectivity index (χ3n) is 5.95. The molecule has 7 heteroatoms. The van der Waals surface area contributed by atoms with Crippen molar-refractivity contribution in [3.8, 4) is 5.75 Å². The summed E-state index contributed by atoms with van der Waals surface area (Å²) in [5.74, 6) is 0.355. The van der Waals surface area contributed by atoms with Gasteiger partial charge < -0.3 is 14.1 Å². The molecule has 2 aliphatic heterocycles. The van der Waals surface area contributed by atoms with Crippen molar-refractivity contribution in [3.63, 3.8) is 0 Å². The minimum atomic E-state index is -0.645. The molecule has 0 radical (unpaired) electrons. The van der Waals surface area contributed by atoms with Crippen LogP contribution in [0, 0.1) is 0 Å². The van der Waals surface area contributed by atoms with Gasteiger partial charge in [0, 0.05) is 22.9 Å². The van der Waals surface area contributed by atoms with Gasteiger partial charge in [-0.1, -0.05) is 25.1 Å². The van der Waals surface area contributed by atoms with Crippen LogP contribution < -0.4 is 10.1 Å². The topological polar surface area (TPSA) is 88.9 Å². The first-order chi connectivity index (χ1) is 15.0. The molecule has 1 fully saturated rings. The van der Waals surface area contributed by atoms with E-state index in [9.17, 15) is 14.4 Å². The van der Waals surface area contributed by atoms with E-state index in [0.29, 0.717) is 23.5 Å². The van der Waals surface area contributed by atoms with Crippen molar-refractivity contribution < 1.29 is 23.5 Å². The molecule has 0 bridgehead atoms. The molecule has 1 N–H and O–H groups in total. The Morgan fingerprint density at radius 2 is 2.03 bits per heavy atom. The Kier molecular flexibility index (Phi) is 4.73. The Labute approximate surface area is 179 Å². The van der Waals surface area contributed by atoms with Crippen molar-refractivity contribution in [1.29, 1.82) is 0 Å². The lowest BCUT2D eigenvalue weighted by Gasteiger charge is -2.29. The highest BCUT2D eigenvalue weighted by Gasteiger charge is 2.40. The number of aryl methyl sites for hydroxylation is 1. The van der Waals surface area contributed by atoms with Crippen LogP contribution in [0.25, 0.3) is 11.0 Å². The molecule has 3 heterocycles. The highest BCUT2D eigenvalue weighted by Crippen LogP contribution is 2.34. The SMILES string of the molecule is CCc1ccc2cc(COc3cccc4c3CN(C3CCC(=O)NC3=O)C4=O)oc2c1. The molecule has 5 rings (SSSR count). The Morgan fingerprint density at radius 1 is 1.16 bits per heavy atom. The van der Waals surface area contributed by atoms with Gasteiger partial charge >= 0.3 is 0 Å². The maximum atomic E-state index is 12.9. The molecule has 1 aromatic heterocycles. The van der Waals surface area contributed by atoms with Crippen molar-refractivity contribution in [3.05, 3.63) is 64.9 Å². The van der Waals surface area contributed by atoms with E-state index < -0.39 is 11.9 Å². The molecule has 2 aliphatic rings. The van der Waals surface area contributed by atoms with Crippen LogP contribution in [0.4, 0.5) is 0 Å². The summed E-state index contributed by atoms with van der Waals surface area (Å²) in [7, 11) is 0. The van der Waals surface area contributed by atoms with Gasteiger partial charge in [0.05, 0.1) is 6.54 Å². The first-order valence-electron chi connectivity index (χ1n) is 10.4. The lowest BCUT2D eigenvalue weighted by atomic mass is 10.0. The van der Waals surface area contributed by atoms with Crippen molar-refractivity contribution in [2.75, 3.05) is 0 Å². The number of nitrogens with zero attached hydrogens (tertiary/aromatic N) is 1. The normalized spacial score (nSPS) is 18.4. The molecule has 0 spiro atoms. The number of piperidine rings is 1. The summed E-state index contributed by atoms with van der Waals surface area (Å²) >= 11 is 0.